The first-order valence-electron chi connectivity index (χ1n) is 13.6. The van der Waals surface area contributed by atoms with Crippen LogP contribution in [-0.4, -0.2) is 34.6 Å². The third-order valence-corrected chi connectivity index (χ3v) is 7.47. The predicted octanol–water partition coefficient (Wildman–Crippen LogP) is 7.97. The Morgan fingerprint density at radius 3 is 2.14 bits per heavy atom. The van der Waals surface area contributed by atoms with Crippen molar-refractivity contribution in [2.75, 3.05) is 20.1 Å². The highest BCUT2D eigenvalue weighted by Gasteiger charge is 2.34. The highest BCUT2D eigenvalue weighted by molar-refractivity contribution is 6.09. The van der Waals surface area contributed by atoms with Gasteiger partial charge in [-0.2, -0.15) is 13.2 Å². The molecular weight excluding hydrogens is 463 g/mol. The molecule has 0 aliphatic carbocycles. The van der Waals surface area contributed by atoms with Gasteiger partial charge in [0, 0.05) is 40.1 Å². The van der Waals surface area contributed by atoms with Crippen LogP contribution in [0.3, 0.4) is 0 Å². The fourth-order valence-electron chi connectivity index (χ4n) is 5.31. The van der Waals surface area contributed by atoms with Crippen molar-refractivity contribution in [2.24, 2.45) is 0 Å². The van der Waals surface area contributed by atoms with Crippen molar-refractivity contribution in [1.29, 1.82) is 0 Å². The number of benzene rings is 1. The van der Waals surface area contributed by atoms with Crippen molar-refractivity contribution in [3.63, 3.8) is 0 Å². The Morgan fingerprint density at radius 1 is 0.889 bits per heavy atom. The van der Waals surface area contributed by atoms with Crippen molar-refractivity contribution >= 4 is 21.8 Å². The molecule has 2 aromatic heterocycles. The maximum Gasteiger partial charge on any atom is 0.417 e. The van der Waals surface area contributed by atoms with Crippen LogP contribution in [-0.2, 0) is 12.7 Å². The van der Waals surface area contributed by atoms with Crippen molar-refractivity contribution in [3.05, 3.63) is 45.4 Å². The van der Waals surface area contributed by atoms with E-state index in [1.807, 2.05) is 19.9 Å². The number of hydrogen-bond donors (Lipinski definition) is 1. The molecule has 0 saturated heterocycles. The number of nitrogens with one attached hydrogen (secondary N) is 1. The van der Waals surface area contributed by atoms with Crippen LogP contribution in [0.5, 0.6) is 0 Å². The molecule has 36 heavy (non-hydrogen) atoms. The lowest BCUT2D eigenvalue weighted by Gasteiger charge is -2.16. The topological polar surface area (TPSA) is 41.0 Å². The van der Waals surface area contributed by atoms with E-state index >= 15 is 0 Å². The maximum absolute atomic E-state index is 13.8. The summed E-state index contributed by atoms with van der Waals surface area (Å²) in [6.45, 7) is 9.25. The standard InChI is InChI=1S/C29H42F3N3O/c1-5-6-12-17-34(4)18-13-10-8-7-9-11-14-19-35-22(3)21(2)27-25(35)16-15-24-28(27)23(29(30,31)32)20-26(36)33-24/h15-16,20H,5-14,17-19H2,1-4H3,(H,33,36). The van der Waals surface area contributed by atoms with E-state index in [0.717, 1.165) is 36.2 Å². The molecule has 7 heteroatoms. The van der Waals surface area contributed by atoms with Crippen molar-refractivity contribution < 1.29 is 13.2 Å². The van der Waals surface area contributed by atoms with Crippen molar-refractivity contribution in [2.45, 2.75) is 97.7 Å². The van der Waals surface area contributed by atoms with Gasteiger partial charge >= 0.3 is 6.18 Å². The fraction of sp³-hybridized carbons (Fsp3) is 0.621. The first kappa shape index (κ1) is 28.3. The second kappa shape index (κ2) is 12.8. The van der Waals surface area contributed by atoms with E-state index in [0.29, 0.717) is 11.5 Å². The Hall–Kier alpha value is -2.28. The van der Waals surface area contributed by atoms with Crippen LogP contribution in [0.1, 0.15) is 88.0 Å². The molecule has 3 aromatic rings. The second-order valence-electron chi connectivity index (χ2n) is 10.3. The number of aryl methyl sites for hydroxylation is 2. The number of hydrogen-bond acceptors (Lipinski definition) is 2. The Bertz CT molecular complexity index is 1190. The number of halogens is 3. The van der Waals surface area contributed by atoms with Gasteiger partial charge in [-0.05, 0) is 70.9 Å². The van der Waals surface area contributed by atoms with Crippen LogP contribution in [0.15, 0.2) is 23.0 Å². The van der Waals surface area contributed by atoms with E-state index in [1.165, 1.54) is 64.5 Å². The smallest absolute Gasteiger partial charge is 0.345 e. The summed E-state index contributed by atoms with van der Waals surface area (Å²) >= 11 is 0. The molecule has 0 fully saturated rings. The van der Waals surface area contributed by atoms with Gasteiger partial charge in [-0.25, -0.2) is 0 Å². The lowest BCUT2D eigenvalue weighted by Crippen LogP contribution is -2.20. The van der Waals surface area contributed by atoms with Gasteiger partial charge in [0.1, 0.15) is 0 Å². The number of rotatable bonds is 14. The van der Waals surface area contributed by atoms with Gasteiger partial charge in [-0.3, -0.25) is 4.79 Å². The third-order valence-electron chi connectivity index (χ3n) is 7.47. The summed E-state index contributed by atoms with van der Waals surface area (Å²) in [5, 5.41) is 0.684. The molecule has 0 aliphatic heterocycles. The average Bonchev–Trinajstić information content (AvgIpc) is 3.06. The number of pyridine rings is 1. The monoisotopic (exact) mass is 505 g/mol. The molecule has 0 radical (unpaired) electrons. The second-order valence-corrected chi connectivity index (χ2v) is 10.3. The summed E-state index contributed by atoms with van der Waals surface area (Å²) in [4.78, 5) is 16.9. The highest BCUT2D eigenvalue weighted by Crippen LogP contribution is 2.39. The van der Waals surface area contributed by atoms with Gasteiger partial charge in [-0.15, -0.1) is 0 Å². The van der Waals surface area contributed by atoms with Gasteiger partial charge < -0.3 is 14.5 Å². The Kier molecular flexibility index (Phi) is 10.1. The van der Waals surface area contributed by atoms with Gasteiger partial charge in [-0.1, -0.05) is 51.9 Å². The zero-order chi connectivity index (χ0) is 26.3. The summed E-state index contributed by atoms with van der Waals surface area (Å²) < 4.78 is 43.6. The van der Waals surface area contributed by atoms with E-state index in [4.69, 9.17) is 0 Å². The largest absolute Gasteiger partial charge is 0.417 e. The lowest BCUT2D eigenvalue weighted by molar-refractivity contribution is -0.136. The molecule has 1 aromatic carbocycles. The van der Waals surface area contributed by atoms with Gasteiger partial charge in [0.15, 0.2) is 0 Å². The Labute approximate surface area is 212 Å². The summed E-state index contributed by atoms with van der Waals surface area (Å²) in [5.74, 6) is 0. The lowest BCUT2D eigenvalue weighted by atomic mass is 10.0. The van der Waals surface area contributed by atoms with E-state index in [-0.39, 0.29) is 10.9 Å². The first-order valence-corrected chi connectivity index (χ1v) is 13.6. The number of aromatic amines is 1. The quantitative estimate of drug-likeness (QED) is 0.226. The zero-order valence-corrected chi connectivity index (χ0v) is 22.4. The number of H-pyrrole nitrogens is 1. The van der Waals surface area contributed by atoms with Crippen LogP contribution in [0.2, 0.25) is 0 Å². The van der Waals surface area contributed by atoms with E-state index in [9.17, 15) is 18.0 Å². The highest BCUT2D eigenvalue weighted by atomic mass is 19.4. The van der Waals surface area contributed by atoms with Gasteiger partial charge in [0.25, 0.3) is 0 Å². The molecule has 0 spiro atoms. The Balaban J connectivity index is 1.56. The van der Waals surface area contributed by atoms with Gasteiger partial charge in [0.2, 0.25) is 5.56 Å². The van der Waals surface area contributed by atoms with E-state index in [1.54, 1.807) is 6.07 Å². The summed E-state index contributed by atoms with van der Waals surface area (Å²) in [6.07, 6.45) is 7.62. The molecule has 4 nitrogen and oxygen atoms in total. The minimum atomic E-state index is -4.59. The van der Waals surface area contributed by atoms with Crippen molar-refractivity contribution in [1.82, 2.24) is 14.5 Å². The number of aromatic nitrogens is 2. The normalized spacial score (nSPS) is 12.4. The van der Waals surface area contributed by atoms with Crippen LogP contribution < -0.4 is 5.56 Å². The third kappa shape index (κ3) is 6.93. The van der Waals surface area contributed by atoms with Crippen LogP contribution in [0, 0.1) is 13.8 Å². The SMILES string of the molecule is CCCCCN(C)CCCCCCCCCn1c(C)c(C)c2c3c(C(F)(F)F)cc(=O)[nH]c3ccc21. The Morgan fingerprint density at radius 2 is 1.50 bits per heavy atom. The van der Waals surface area contributed by atoms with Gasteiger partial charge in [0.05, 0.1) is 5.56 Å². The van der Waals surface area contributed by atoms with E-state index in [2.05, 4.69) is 28.4 Å². The molecule has 3 rings (SSSR count). The van der Waals surface area contributed by atoms with Crippen LogP contribution >= 0.6 is 0 Å². The van der Waals surface area contributed by atoms with E-state index < -0.39 is 17.3 Å². The number of alkyl halides is 3. The molecule has 2 heterocycles. The number of fused-ring (bicyclic) bond motifs is 3. The molecule has 0 unspecified atom stereocenters. The first-order chi connectivity index (χ1) is 17.1. The molecule has 0 aliphatic rings. The summed E-state index contributed by atoms with van der Waals surface area (Å²) in [6, 6.07) is 4.12. The molecule has 0 saturated carbocycles. The van der Waals surface area contributed by atoms with Crippen molar-refractivity contribution in [3.8, 4) is 0 Å². The molecular formula is C29H42F3N3O. The zero-order valence-electron chi connectivity index (χ0n) is 22.4. The molecule has 0 atom stereocenters. The predicted molar refractivity (Wildman–Crippen MR) is 144 cm³/mol. The minimum Gasteiger partial charge on any atom is -0.345 e. The number of nitrogens with zero attached hydrogens (tertiary/aromatic N) is 2. The molecule has 0 bridgehead atoms. The minimum absolute atomic E-state index is 0.0926. The van der Waals surface area contributed by atoms with Crippen LogP contribution in [0.4, 0.5) is 13.2 Å². The average molecular weight is 506 g/mol. The maximum atomic E-state index is 13.8. The van der Waals surface area contributed by atoms with Crippen LogP contribution in [0.25, 0.3) is 21.8 Å². The molecule has 200 valence electrons. The number of unbranched alkanes of at least 4 members (excludes halogenated alkanes) is 8. The summed E-state index contributed by atoms with van der Waals surface area (Å²) in [5.41, 5.74) is 1.27. The summed E-state index contributed by atoms with van der Waals surface area (Å²) in [7, 11) is 2.22. The molecule has 1 N–H and O–H groups in total. The fourth-order valence-corrected chi connectivity index (χ4v) is 5.31. The molecule has 0 amide bonds.